The third kappa shape index (κ3) is 4.39. The van der Waals surface area contributed by atoms with Gasteiger partial charge in [0.2, 0.25) is 0 Å². The first-order valence-corrected chi connectivity index (χ1v) is 9.83. The van der Waals surface area contributed by atoms with Crippen molar-refractivity contribution in [2.75, 3.05) is 39.9 Å². The van der Waals surface area contributed by atoms with Crippen LogP contribution in [0.5, 0.6) is 11.5 Å². The number of nitrogens with zero attached hydrogens (tertiary/aromatic N) is 2. The second kappa shape index (κ2) is 8.52. The quantitative estimate of drug-likeness (QED) is 0.884. The van der Waals surface area contributed by atoms with Gasteiger partial charge in [0, 0.05) is 32.7 Å². The zero-order valence-electron chi connectivity index (χ0n) is 16.3. The predicted molar refractivity (Wildman–Crippen MR) is 108 cm³/mol. The summed E-state index contributed by atoms with van der Waals surface area (Å²) in [6.07, 6.45) is 0.756. The number of ether oxygens (including phenoxy) is 2. The molecule has 0 radical (unpaired) electrons. The molecule has 148 valence electrons. The van der Waals surface area contributed by atoms with Crippen molar-refractivity contribution in [1.29, 1.82) is 0 Å². The number of carbonyl (C=O) groups excluding carboxylic acids is 1. The van der Waals surface area contributed by atoms with Crippen LogP contribution < -0.4 is 14.8 Å². The fourth-order valence-electron chi connectivity index (χ4n) is 3.81. The van der Waals surface area contributed by atoms with Crippen LogP contribution >= 0.6 is 0 Å². The molecule has 0 aromatic heterocycles. The van der Waals surface area contributed by atoms with Crippen molar-refractivity contribution < 1.29 is 14.3 Å². The van der Waals surface area contributed by atoms with Gasteiger partial charge < -0.3 is 19.7 Å². The topological polar surface area (TPSA) is 54.0 Å². The molecule has 0 bridgehead atoms. The molecule has 28 heavy (non-hydrogen) atoms. The number of benzene rings is 2. The van der Waals surface area contributed by atoms with Crippen molar-refractivity contribution in [3.8, 4) is 11.5 Å². The maximum absolute atomic E-state index is 12.7. The highest BCUT2D eigenvalue weighted by atomic mass is 16.5. The first-order chi connectivity index (χ1) is 13.7. The Kier molecular flexibility index (Phi) is 5.67. The molecule has 1 saturated heterocycles. The monoisotopic (exact) mass is 381 g/mol. The third-order valence-corrected chi connectivity index (χ3v) is 5.41. The highest BCUT2D eigenvalue weighted by molar-refractivity contribution is 5.74. The van der Waals surface area contributed by atoms with Gasteiger partial charge in [-0.05, 0) is 35.7 Å². The zero-order valence-corrected chi connectivity index (χ0v) is 16.3. The van der Waals surface area contributed by atoms with Gasteiger partial charge in [-0.1, -0.05) is 30.3 Å². The van der Waals surface area contributed by atoms with Crippen molar-refractivity contribution in [2.45, 2.75) is 19.0 Å². The average molecular weight is 381 g/mol. The number of hydrogen-bond donors (Lipinski definition) is 1. The lowest BCUT2D eigenvalue weighted by Gasteiger charge is -2.36. The third-order valence-electron chi connectivity index (χ3n) is 5.41. The van der Waals surface area contributed by atoms with Gasteiger partial charge >= 0.3 is 6.03 Å². The molecule has 1 fully saturated rings. The summed E-state index contributed by atoms with van der Waals surface area (Å²) >= 11 is 0. The molecule has 2 heterocycles. The lowest BCUT2D eigenvalue weighted by molar-refractivity contribution is 0.129. The lowest BCUT2D eigenvalue weighted by Crippen LogP contribution is -2.54. The number of amides is 2. The summed E-state index contributed by atoms with van der Waals surface area (Å²) in [5.41, 5.74) is 2.39. The van der Waals surface area contributed by atoms with E-state index in [-0.39, 0.29) is 12.1 Å². The van der Waals surface area contributed by atoms with E-state index >= 15 is 0 Å². The normalized spacial score (nSPS) is 19.5. The van der Waals surface area contributed by atoms with Crippen LogP contribution in [0.4, 0.5) is 4.79 Å². The standard InChI is InChI=1S/C22H27N3O3/c1-27-20-7-8-21-18(14-20)13-19(16-28-21)23-22(26)25-11-9-24(10-12-25)15-17-5-3-2-4-6-17/h2-8,14,19H,9-13,15-16H2,1H3,(H,23,26)/t19-/m1/s1. The van der Waals surface area contributed by atoms with E-state index in [9.17, 15) is 4.79 Å². The Morgan fingerprint density at radius 1 is 1.14 bits per heavy atom. The Labute approximate surface area is 166 Å². The van der Waals surface area contributed by atoms with Gasteiger partial charge in [0.05, 0.1) is 13.2 Å². The van der Waals surface area contributed by atoms with Gasteiger partial charge in [0.25, 0.3) is 0 Å². The van der Waals surface area contributed by atoms with E-state index in [1.807, 2.05) is 29.2 Å². The Hall–Kier alpha value is -2.73. The number of methoxy groups -OCH3 is 1. The zero-order chi connectivity index (χ0) is 19.3. The molecular weight excluding hydrogens is 354 g/mol. The fraction of sp³-hybridized carbons (Fsp3) is 0.409. The van der Waals surface area contributed by atoms with Crippen LogP contribution in [-0.4, -0.2) is 61.8 Å². The smallest absolute Gasteiger partial charge is 0.317 e. The molecule has 6 heteroatoms. The Morgan fingerprint density at radius 2 is 1.93 bits per heavy atom. The Bertz CT molecular complexity index is 804. The van der Waals surface area contributed by atoms with Gasteiger partial charge in [-0.15, -0.1) is 0 Å². The van der Waals surface area contributed by atoms with E-state index < -0.39 is 0 Å². The molecule has 0 saturated carbocycles. The molecule has 4 rings (SSSR count). The molecule has 2 aromatic carbocycles. The highest BCUT2D eigenvalue weighted by Gasteiger charge is 2.26. The Balaban J connectivity index is 1.27. The van der Waals surface area contributed by atoms with Crippen molar-refractivity contribution >= 4 is 6.03 Å². The Morgan fingerprint density at radius 3 is 2.68 bits per heavy atom. The van der Waals surface area contributed by atoms with Crippen molar-refractivity contribution in [1.82, 2.24) is 15.1 Å². The molecule has 0 spiro atoms. The fourth-order valence-corrected chi connectivity index (χ4v) is 3.81. The lowest BCUT2D eigenvalue weighted by atomic mass is 10.0. The van der Waals surface area contributed by atoms with Crippen molar-refractivity contribution in [3.63, 3.8) is 0 Å². The summed E-state index contributed by atoms with van der Waals surface area (Å²) in [4.78, 5) is 17.0. The van der Waals surface area contributed by atoms with Crippen LogP contribution in [0.15, 0.2) is 48.5 Å². The summed E-state index contributed by atoms with van der Waals surface area (Å²) in [7, 11) is 1.65. The van der Waals surface area contributed by atoms with Gasteiger partial charge in [-0.2, -0.15) is 0 Å². The summed E-state index contributed by atoms with van der Waals surface area (Å²) in [6.45, 7) is 4.71. The second-order valence-corrected chi connectivity index (χ2v) is 7.38. The molecule has 1 N–H and O–H groups in total. The minimum absolute atomic E-state index is 0.000641. The number of fused-ring (bicyclic) bond motifs is 1. The molecule has 2 amide bonds. The largest absolute Gasteiger partial charge is 0.497 e. The van der Waals surface area contributed by atoms with Crippen LogP contribution in [0.25, 0.3) is 0 Å². The van der Waals surface area contributed by atoms with Gasteiger partial charge in [-0.25, -0.2) is 4.79 Å². The summed E-state index contributed by atoms with van der Waals surface area (Å²) < 4.78 is 11.1. The molecular formula is C22H27N3O3. The van der Waals surface area contributed by atoms with Crippen LogP contribution in [0.2, 0.25) is 0 Å². The van der Waals surface area contributed by atoms with Crippen molar-refractivity contribution in [3.05, 3.63) is 59.7 Å². The first kappa shape index (κ1) is 18.6. The maximum Gasteiger partial charge on any atom is 0.317 e. The number of piperazine rings is 1. The van der Waals surface area contributed by atoms with Gasteiger partial charge in [0.1, 0.15) is 18.1 Å². The molecule has 2 aliphatic rings. The number of nitrogens with one attached hydrogen (secondary N) is 1. The minimum atomic E-state index is -0.0190. The number of urea groups is 1. The van der Waals surface area contributed by atoms with E-state index in [4.69, 9.17) is 9.47 Å². The molecule has 1 atom stereocenters. The summed E-state index contributed by atoms with van der Waals surface area (Å²) in [5.74, 6) is 1.68. The molecule has 6 nitrogen and oxygen atoms in total. The van der Waals surface area contributed by atoms with Crippen LogP contribution in [0.3, 0.4) is 0 Å². The molecule has 2 aliphatic heterocycles. The van der Waals surface area contributed by atoms with E-state index in [0.29, 0.717) is 6.61 Å². The van der Waals surface area contributed by atoms with E-state index in [0.717, 1.165) is 56.2 Å². The van der Waals surface area contributed by atoms with Gasteiger partial charge in [-0.3, -0.25) is 4.90 Å². The maximum atomic E-state index is 12.7. The molecule has 2 aromatic rings. The first-order valence-electron chi connectivity index (χ1n) is 9.83. The highest BCUT2D eigenvalue weighted by Crippen LogP contribution is 2.28. The average Bonchev–Trinajstić information content (AvgIpc) is 2.74. The predicted octanol–water partition coefficient (Wildman–Crippen LogP) is 2.53. The second-order valence-electron chi connectivity index (χ2n) is 7.38. The van der Waals surface area contributed by atoms with Crippen LogP contribution in [0.1, 0.15) is 11.1 Å². The van der Waals surface area contributed by atoms with E-state index in [1.165, 1.54) is 5.56 Å². The number of carbonyl (C=O) groups is 1. The summed E-state index contributed by atoms with van der Waals surface area (Å²) in [6, 6.07) is 16.3. The molecule has 0 aliphatic carbocycles. The van der Waals surface area contributed by atoms with Crippen LogP contribution in [0, 0.1) is 0 Å². The minimum Gasteiger partial charge on any atom is -0.497 e. The number of rotatable bonds is 4. The molecule has 0 unspecified atom stereocenters. The van der Waals surface area contributed by atoms with Gasteiger partial charge in [0.15, 0.2) is 0 Å². The van der Waals surface area contributed by atoms with Crippen LogP contribution in [-0.2, 0) is 13.0 Å². The van der Waals surface area contributed by atoms with E-state index in [2.05, 4.69) is 34.5 Å². The van der Waals surface area contributed by atoms with E-state index in [1.54, 1.807) is 7.11 Å². The summed E-state index contributed by atoms with van der Waals surface area (Å²) in [5, 5.41) is 3.13. The SMILES string of the molecule is COc1ccc2c(c1)C[C@@H](NC(=O)N1CCN(Cc3ccccc3)CC1)CO2. The number of hydrogen-bond acceptors (Lipinski definition) is 4. The van der Waals surface area contributed by atoms with Crippen molar-refractivity contribution in [2.24, 2.45) is 0 Å².